The number of nitrogens with zero attached hydrogens (tertiary/aromatic N) is 5. The van der Waals surface area contributed by atoms with Crippen LogP contribution in [-0.4, -0.2) is 70.7 Å². The van der Waals surface area contributed by atoms with Crippen molar-refractivity contribution in [1.82, 2.24) is 19.3 Å². The van der Waals surface area contributed by atoms with Crippen LogP contribution in [0.2, 0.25) is 0 Å². The van der Waals surface area contributed by atoms with E-state index < -0.39 is 0 Å². The molecule has 2 saturated heterocycles. The molecule has 2 N–H and O–H groups in total. The third-order valence-electron chi connectivity index (χ3n) is 7.22. The summed E-state index contributed by atoms with van der Waals surface area (Å²) in [5, 5.41) is 0. The van der Waals surface area contributed by atoms with Gasteiger partial charge in [0.15, 0.2) is 0 Å². The SMILES string of the molecule is CCc1nc(N2CCC(N3CC(N)C(OC)C3)CC2)ccc1-c1cc(C)c2nccn2c1. The van der Waals surface area contributed by atoms with Gasteiger partial charge >= 0.3 is 0 Å². The van der Waals surface area contributed by atoms with E-state index in [1.54, 1.807) is 7.11 Å². The van der Waals surface area contributed by atoms with E-state index in [0.717, 1.165) is 62.6 Å². The van der Waals surface area contributed by atoms with E-state index in [0.29, 0.717) is 6.04 Å². The Balaban J connectivity index is 1.31. The molecule has 2 aliphatic heterocycles. The fourth-order valence-electron chi connectivity index (χ4n) is 5.39. The highest BCUT2D eigenvalue weighted by Gasteiger charge is 2.35. The van der Waals surface area contributed by atoms with Crippen LogP contribution in [0.4, 0.5) is 5.82 Å². The lowest BCUT2D eigenvalue weighted by molar-refractivity contribution is 0.0905. The highest BCUT2D eigenvalue weighted by Crippen LogP contribution is 2.30. The van der Waals surface area contributed by atoms with Crippen LogP contribution in [0.5, 0.6) is 0 Å². The number of nitrogens with two attached hydrogens (primary N) is 1. The first-order valence-corrected chi connectivity index (χ1v) is 11.8. The maximum Gasteiger partial charge on any atom is 0.139 e. The molecule has 0 aromatic carbocycles. The van der Waals surface area contributed by atoms with Gasteiger partial charge in [-0.25, -0.2) is 9.97 Å². The van der Waals surface area contributed by atoms with E-state index in [1.807, 2.05) is 12.4 Å². The summed E-state index contributed by atoms with van der Waals surface area (Å²) < 4.78 is 7.64. The van der Waals surface area contributed by atoms with Crippen molar-refractivity contribution in [3.05, 3.63) is 48.0 Å². The van der Waals surface area contributed by atoms with Crippen LogP contribution in [0.15, 0.2) is 36.8 Å². The van der Waals surface area contributed by atoms with Gasteiger partial charge < -0.3 is 19.8 Å². The Bertz CT molecular complexity index is 1090. The molecule has 2 aliphatic rings. The van der Waals surface area contributed by atoms with Crippen molar-refractivity contribution < 1.29 is 4.74 Å². The molecular formula is C25H34N6O. The number of fused-ring (bicyclic) bond motifs is 1. The van der Waals surface area contributed by atoms with Crippen LogP contribution in [0.1, 0.15) is 31.0 Å². The van der Waals surface area contributed by atoms with E-state index in [9.17, 15) is 0 Å². The Kier molecular flexibility index (Phi) is 5.88. The van der Waals surface area contributed by atoms with Gasteiger partial charge in [-0.15, -0.1) is 0 Å². The zero-order valence-corrected chi connectivity index (χ0v) is 19.4. The minimum atomic E-state index is 0.129. The number of hydrogen-bond donors (Lipinski definition) is 1. The number of hydrogen-bond acceptors (Lipinski definition) is 6. The van der Waals surface area contributed by atoms with Gasteiger partial charge in [0, 0.05) is 75.1 Å². The van der Waals surface area contributed by atoms with Crippen LogP contribution in [0, 0.1) is 6.92 Å². The topological polar surface area (TPSA) is 71.9 Å². The first kappa shape index (κ1) is 21.4. The van der Waals surface area contributed by atoms with Gasteiger partial charge in [0.1, 0.15) is 11.5 Å². The fourth-order valence-corrected chi connectivity index (χ4v) is 5.39. The van der Waals surface area contributed by atoms with E-state index in [4.69, 9.17) is 15.5 Å². The van der Waals surface area contributed by atoms with Crippen LogP contribution in [-0.2, 0) is 11.2 Å². The number of pyridine rings is 2. The Labute approximate surface area is 190 Å². The van der Waals surface area contributed by atoms with Gasteiger partial charge in [-0.2, -0.15) is 0 Å². The maximum atomic E-state index is 6.24. The van der Waals surface area contributed by atoms with E-state index >= 15 is 0 Å². The monoisotopic (exact) mass is 434 g/mol. The smallest absolute Gasteiger partial charge is 0.139 e. The molecule has 0 bridgehead atoms. The summed E-state index contributed by atoms with van der Waals surface area (Å²) in [5.74, 6) is 1.09. The predicted octanol–water partition coefficient (Wildman–Crippen LogP) is 2.89. The lowest BCUT2D eigenvalue weighted by Crippen LogP contribution is -2.45. The molecule has 2 fully saturated rings. The molecule has 5 rings (SSSR count). The molecular weight excluding hydrogens is 400 g/mol. The van der Waals surface area contributed by atoms with Crippen LogP contribution >= 0.6 is 0 Å². The molecule has 7 heteroatoms. The molecule has 2 atom stereocenters. The Morgan fingerprint density at radius 2 is 2.00 bits per heavy atom. The van der Waals surface area contributed by atoms with E-state index in [-0.39, 0.29) is 12.1 Å². The Morgan fingerprint density at radius 1 is 1.19 bits per heavy atom. The average Bonchev–Trinajstić information content (AvgIpc) is 3.45. The highest BCUT2D eigenvalue weighted by atomic mass is 16.5. The van der Waals surface area contributed by atoms with Gasteiger partial charge in [-0.3, -0.25) is 4.90 Å². The quantitative estimate of drug-likeness (QED) is 0.666. The molecule has 0 aliphatic carbocycles. The second-order valence-corrected chi connectivity index (χ2v) is 9.20. The second kappa shape index (κ2) is 8.81. The number of anilines is 1. The minimum absolute atomic E-state index is 0.129. The van der Waals surface area contributed by atoms with E-state index in [1.165, 1.54) is 16.7 Å². The number of rotatable bonds is 5. The summed E-state index contributed by atoms with van der Waals surface area (Å²) in [6, 6.07) is 7.37. The van der Waals surface area contributed by atoms with Crippen LogP contribution in [0.25, 0.3) is 16.8 Å². The number of ether oxygens (including phenoxy) is 1. The average molecular weight is 435 g/mol. The summed E-state index contributed by atoms with van der Waals surface area (Å²) in [4.78, 5) is 14.5. The standard InChI is InChI=1S/C25H34N6O/c1-4-22-20(18-13-17(2)25-27-9-12-30(25)14-18)5-6-24(28-22)29-10-7-19(8-11-29)31-15-21(26)23(16-31)32-3/h5-6,9,12-14,19,21,23H,4,7-8,10-11,15-16,26H2,1-3H3. The molecule has 7 nitrogen and oxygen atoms in total. The van der Waals surface area contributed by atoms with Crippen molar-refractivity contribution in [1.29, 1.82) is 0 Å². The van der Waals surface area contributed by atoms with Crippen LogP contribution in [0.3, 0.4) is 0 Å². The summed E-state index contributed by atoms with van der Waals surface area (Å²) in [7, 11) is 1.77. The zero-order valence-electron chi connectivity index (χ0n) is 19.4. The lowest BCUT2D eigenvalue weighted by Gasteiger charge is -2.37. The molecule has 2 unspecified atom stereocenters. The Hall–Kier alpha value is -2.48. The first-order valence-electron chi connectivity index (χ1n) is 11.8. The lowest BCUT2D eigenvalue weighted by atomic mass is 10.0. The number of piperidine rings is 1. The Morgan fingerprint density at radius 3 is 2.72 bits per heavy atom. The summed E-state index contributed by atoms with van der Waals surface area (Å²) >= 11 is 0. The van der Waals surface area contributed by atoms with Crippen molar-refractivity contribution in [3.63, 3.8) is 0 Å². The van der Waals surface area contributed by atoms with Gasteiger partial charge in [-0.1, -0.05) is 6.92 Å². The molecule has 0 radical (unpaired) electrons. The molecule has 5 heterocycles. The molecule has 0 spiro atoms. The zero-order chi connectivity index (χ0) is 22.2. The number of aromatic nitrogens is 3. The largest absolute Gasteiger partial charge is 0.378 e. The van der Waals surface area contributed by atoms with Crippen molar-refractivity contribution >= 4 is 11.5 Å². The molecule has 3 aromatic heterocycles. The maximum absolute atomic E-state index is 6.24. The molecule has 3 aromatic rings. The predicted molar refractivity (Wildman–Crippen MR) is 128 cm³/mol. The number of imidazole rings is 1. The summed E-state index contributed by atoms with van der Waals surface area (Å²) in [5.41, 5.74) is 12.0. The number of methoxy groups -OCH3 is 1. The number of likely N-dealkylation sites (tertiary alicyclic amines) is 1. The molecule has 0 saturated carbocycles. The summed E-state index contributed by atoms with van der Waals surface area (Å²) in [6.07, 6.45) is 9.37. The van der Waals surface area contributed by atoms with E-state index in [2.05, 4.69) is 57.4 Å². The minimum Gasteiger partial charge on any atom is -0.378 e. The number of aryl methyl sites for hydroxylation is 2. The molecule has 32 heavy (non-hydrogen) atoms. The van der Waals surface area contributed by atoms with Gasteiger partial charge in [0.05, 0.1) is 11.8 Å². The highest BCUT2D eigenvalue weighted by molar-refractivity contribution is 5.70. The normalized spacial score (nSPS) is 22.8. The van der Waals surface area contributed by atoms with Gasteiger partial charge in [0.25, 0.3) is 0 Å². The summed E-state index contributed by atoms with van der Waals surface area (Å²) in [6.45, 7) is 8.26. The van der Waals surface area contributed by atoms with Crippen LogP contribution < -0.4 is 10.6 Å². The first-order chi connectivity index (χ1) is 15.6. The van der Waals surface area contributed by atoms with Crippen molar-refractivity contribution in [2.45, 2.75) is 51.3 Å². The fraction of sp³-hybridized carbons (Fsp3) is 0.520. The van der Waals surface area contributed by atoms with Crippen molar-refractivity contribution in [2.75, 3.05) is 38.2 Å². The van der Waals surface area contributed by atoms with Crippen molar-refractivity contribution in [2.24, 2.45) is 5.73 Å². The molecule has 0 amide bonds. The van der Waals surface area contributed by atoms with Gasteiger partial charge in [-0.05, 0) is 49.9 Å². The second-order valence-electron chi connectivity index (χ2n) is 9.20. The third kappa shape index (κ3) is 3.89. The van der Waals surface area contributed by atoms with Crippen molar-refractivity contribution in [3.8, 4) is 11.1 Å². The van der Waals surface area contributed by atoms with Gasteiger partial charge in [0.2, 0.25) is 0 Å². The third-order valence-corrected chi connectivity index (χ3v) is 7.22. The molecule has 170 valence electrons.